The van der Waals surface area contributed by atoms with Gasteiger partial charge in [0, 0.05) is 51.6 Å². The van der Waals surface area contributed by atoms with Crippen LogP contribution in [0.1, 0.15) is 17.6 Å². The number of nitrogens with zero attached hydrogens (tertiary/aromatic N) is 4. The summed E-state index contributed by atoms with van der Waals surface area (Å²) in [5.41, 5.74) is 1.05. The molecule has 1 unspecified atom stereocenters. The fourth-order valence-corrected chi connectivity index (χ4v) is 3.33. The van der Waals surface area contributed by atoms with E-state index < -0.39 is 12.2 Å². The number of aryl methyl sites for hydroxylation is 1. The second kappa shape index (κ2) is 8.15. The first-order chi connectivity index (χ1) is 11.3. The molecule has 0 saturated carbocycles. The first-order valence-electron chi connectivity index (χ1n) is 7.98. The summed E-state index contributed by atoms with van der Waals surface area (Å²) in [5, 5.41) is 6.36. The highest BCUT2D eigenvalue weighted by atomic mass is 32.1. The van der Waals surface area contributed by atoms with E-state index in [2.05, 4.69) is 15.3 Å². The molecule has 136 valence electrons. The van der Waals surface area contributed by atoms with Crippen LogP contribution in [-0.4, -0.2) is 72.7 Å². The number of halogens is 3. The molecule has 1 aromatic rings. The van der Waals surface area contributed by atoms with Crippen molar-refractivity contribution in [3.8, 4) is 0 Å². The van der Waals surface area contributed by atoms with Gasteiger partial charge in [0.2, 0.25) is 0 Å². The third-order valence-corrected chi connectivity index (χ3v) is 5.00. The summed E-state index contributed by atoms with van der Waals surface area (Å²) < 4.78 is 38.4. The van der Waals surface area contributed by atoms with Gasteiger partial charge in [-0.25, -0.2) is 4.98 Å². The molecule has 5 nitrogen and oxygen atoms in total. The van der Waals surface area contributed by atoms with Crippen LogP contribution in [0.25, 0.3) is 0 Å². The molecule has 0 bridgehead atoms. The lowest BCUT2D eigenvalue weighted by atomic mass is 10.2. The smallest absolute Gasteiger partial charge is 0.356 e. The number of nitrogens with one attached hydrogen (secondary N) is 1. The van der Waals surface area contributed by atoms with Gasteiger partial charge in [-0.15, -0.1) is 11.3 Å². The summed E-state index contributed by atoms with van der Waals surface area (Å²) >= 11 is 1.62. The summed E-state index contributed by atoms with van der Waals surface area (Å²) in [6.45, 7) is 5.74. The minimum atomic E-state index is -4.17. The van der Waals surface area contributed by atoms with Crippen LogP contribution < -0.4 is 5.32 Å². The normalized spacial score (nSPS) is 18.8. The molecule has 0 aliphatic carbocycles. The van der Waals surface area contributed by atoms with Crippen LogP contribution in [0.4, 0.5) is 13.2 Å². The van der Waals surface area contributed by atoms with Crippen molar-refractivity contribution in [2.45, 2.75) is 32.5 Å². The lowest BCUT2D eigenvalue weighted by Gasteiger charge is -2.39. The standard InChI is InChI=1S/C15H24F3N5S/c1-11(15(16,17)18)22-6-8-23(9-7-22)14(19-3)20-5-4-13-10-24-12(2)21-13/h10-11H,4-9H2,1-3H3,(H,19,20). The van der Waals surface area contributed by atoms with Crippen molar-refractivity contribution in [2.75, 3.05) is 39.8 Å². The summed E-state index contributed by atoms with van der Waals surface area (Å²) in [6, 6.07) is -1.40. The average molecular weight is 363 g/mol. The molecule has 0 radical (unpaired) electrons. The Morgan fingerprint density at radius 1 is 1.38 bits per heavy atom. The molecule has 2 heterocycles. The molecule has 9 heteroatoms. The van der Waals surface area contributed by atoms with Crippen molar-refractivity contribution in [3.63, 3.8) is 0 Å². The maximum atomic E-state index is 12.8. The Kier molecular flexibility index (Phi) is 6.45. The summed E-state index contributed by atoms with van der Waals surface area (Å²) in [7, 11) is 1.69. The Hall–Kier alpha value is -1.35. The minimum absolute atomic E-state index is 0.382. The fourth-order valence-electron chi connectivity index (χ4n) is 2.69. The van der Waals surface area contributed by atoms with Crippen molar-refractivity contribution in [1.82, 2.24) is 20.1 Å². The van der Waals surface area contributed by atoms with Crippen LogP contribution >= 0.6 is 11.3 Å². The fraction of sp³-hybridized carbons (Fsp3) is 0.733. The highest BCUT2D eigenvalue weighted by molar-refractivity contribution is 7.09. The second-order valence-electron chi connectivity index (χ2n) is 5.82. The van der Waals surface area contributed by atoms with Crippen LogP contribution in [-0.2, 0) is 6.42 Å². The van der Waals surface area contributed by atoms with Gasteiger partial charge in [0.25, 0.3) is 0 Å². The molecule has 1 aromatic heterocycles. The Labute approximate surface area is 144 Å². The minimum Gasteiger partial charge on any atom is -0.356 e. The van der Waals surface area contributed by atoms with E-state index >= 15 is 0 Å². The molecule has 0 spiro atoms. The number of alkyl halides is 3. The Balaban J connectivity index is 1.78. The average Bonchev–Trinajstić information content (AvgIpc) is 2.96. The molecule has 0 aromatic carbocycles. The Morgan fingerprint density at radius 3 is 2.54 bits per heavy atom. The second-order valence-corrected chi connectivity index (χ2v) is 6.88. The Bertz CT molecular complexity index is 550. The number of hydrogen-bond acceptors (Lipinski definition) is 4. The van der Waals surface area contributed by atoms with Gasteiger partial charge in [0.15, 0.2) is 5.96 Å². The molecule has 1 fully saturated rings. The zero-order chi connectivity index (χ0) is 17.7. The number of hydrogen-bond donors (Lipinski definition) is 1. The van der Waals surface area contributed by atoms with Gasteiger partial charge in [-0.2, -0.15) is 13.2 Å². The third kappa shape index (κ3) is 5.07. The van der Waals surface area contributed by atoms with Gasteiger partial charge < -0.3 is 10.2 Å². The summed E-state index contributed by atoms with van der Waals surface area (Å²) in [4.78, 5) is 12.1. The van der Waals surface area contributed by atoms with E-state index in [1.807, 2.05) is 17.2 Å². The molecule has 24 heavy (non-hydrogen) atoms. The number of aliphatic imine (C=N–C) groups is 1. The van der Waals surface area contributed by atoms with E-state index in [0.717, 1.165) is 23.1 Å². The van der Waals surface area contributed by atoms with Crippen LogP contribution in [0.5, 0.6) is 0 Å². The van der Waals surface area contributed by atoms with Crippen LogP contribution in [0.3, 0.4) is 0 Å². The highest BCUT2D eigenvalue weighted by Gasteiger charge is 2.41. The lowest BCUT2D eigenvalue weighted by molar-refractivity contribution is -0.181. The van der Waals surface area contributed by atoms with E-state index in [1.54, 1.807) is 18.4 Å². The lowest BCUT2D eigenvalue weighted by Crippen LogP contribution is -2.56. The molecular weight excluding hydrogens is 339 g/mol. The SMILES string of the molecule is CN=C(NCCc1csc(C)n1)N1CCN(C(C)C(F)(F)F)CC1. The molecule has 1 N–H and O–H groups in total. The molecule has 2 rings (SSSR count). The van der Waals surface area contributed by atoms with Crippen LogP contribution in [0, 0.1) is 6.92 Å². The zero-order valence-corrected chi connectivity index (χ0v) is 15.0. The van der Waals surface area contributed by atoms with Crippen molar-refractivity contribution >= 4 is 17.3 Å². The largest absolute Gasteiger partial charge is 0.403 e. The Morgan fingerprint density at radius 2 is 2.04 bits per heavy atom. The van der Waals surface area contributed by atoms with Crippen molar-refractivity contribution in [2.24, 2.45) is 4.99 Å². The number of thiazole rings is 1. The number of rotatable bonds is 4. The van der Waals surface area contributed by atoms with Gasteiger partial charge in [0.05, 0.1) is 10.7 Å². The summed E-state index contributed by atoms with van der Waals surface area (Å²) in [6.07, 6.45) is -3.37. The monoisotopic (exact) mass is 363 g/mol. The van der Waals surface area contributed by atoms with Crippen molar-refractivity contribution < 1.29 is 13.2 Å². The van der Waals surface area contributed by atoms with E-state index in [0.29, 0.717) is 32.7 Å². The molecule has 0 amide bonds. The van der Waals surface area contributed by atoms with E-state index in [1.165, 1.54) is 11.8 Å². The molecule has 1 aliphatic heterocycles. The highest BCUT2D eigenvalue weighted by Crippen LogP contribution is 2.25. The third-order valence-electron chi connectivity index (χ3n) is 4.18. The molecule has 1 saturated heterocycles. The predicted octanol–water partition coefficient (Wildman–Crippen LogP) is 2.14. The van der Waals surface area contributed by atoms with Gasteiger partial charge >= 0.3 is 6.18 Å². The van der Waals surface area contributed by atoms with Gasteiger partial charge in [-0.05, 0) is 13.8 Å². The van der Waals surface area contributed by atoms with Crippen molar-refractivity contribution in [1.29, 1.82) is 0 Å². The van der Waals surface area contributed by atoms with Gasteiger partial charge in [-0.3, -0.25) is 9.89 Å². The summed E-state index contributed by atoms with van der Waals surface area (Å²) in [5.74, 6) is 0.737. The first kappa shape index (κ1) is 19.0. The number of guanidine groups is 1. The molecular formula is C15H24F3N5S. The zero-order valence-electron chi connectivity index (χ0n) is 14.2. The maximum Gasteiger partial charge on any atom is 0.403 e. The first-order valence-corrected chi connectivity index (χ1v) is 8.86. The van der Waals surface area contributed by atoms with Crippen molar-refractivity contribution in [3.05, 3.63) is 16.1 Å². The number of piperazine rings is 1. The van der Waals surface area contributed by atoms with E-state index in [9.17, 15) is 13.2 Å². The van der Waals surface area contributed by atoms with E-state index in [4.69, 9.17) is 0 Å². The maximum absolute atomic E-state index is 12.8. The van der Waals surface area contributed by atoms with E-state index in [-0.39, 0.29) is 0 Å². The van der Waals surface area contributed by atoms with Gasteiger partial charge in [0.1, 0.15) is 6.04 Å². The van der Waals surface area contributed by atoms with Crippen LogP contribution in [0.2, 0.25) is 0 Å². The predicted molar refractivity (Wildman–Crippen MR) is 90.6 cm³/mol. The van der Waals surface area contributed by atoms with Gasteiger partial charge in [-0.1, -0.05) is 0 Å². The molecule has 1 atom stereocenters. The van der Waals surface area contributed by atoms with Crippen LogP contribution in [0.15, 0.2) is 10.4 Å². The topological polar surface area (TPSA) is 43.8 Å². The number of aromatic nitrogens is 1. The quantitative estimate of drug-likeness (QED) is 0.658. The molecule has 1 aliphatic rings.